The van der Waals surface area contributed by atoms with E-state index < -0.39 is 10.0 Å². The summed E-state index contributed by atoms with van der Waals surface area (Å²) in [6, 6.07) is 6.14. The highest BCUT2D eigenvalue weighted by Gasteiger charge is 2.33. The van der Waals surface area contributed by atoms with E-state index in [0.29, 0.717) is 36.9 Å². The fourth-order valence-electron chi connectivity index (χ4n) is 6.23. The molecule has 2 heterocycles. The second kappa shape index (κ2) is 9.97. The van der Waals surface area contributed by atoms with E-state index in [2.05, 4.69) is 9.88 Å². The van der Waals surface area contributed by atoms with E-state index in [0.717, 1.165) is 42.5 Å². The van der Waals surface area contributed by atoms with Crippen molar-refractivity contribution >= 4 is 27.0 Å². The normalized spacial score (nSPS) is 22.3. The molecule has 8 heteroatoms. The Morgan fingerprint density at radius 3 is 2.26 bits per heavy atom. The first-order valence-electron chi connectivity index (χ1n) is 13.2. The number of rotatable bonds is 5. The van der Waals surface area contributed by atoms with E-state index >= 15 is 0 Å². The number of benzene rings is 1. The molecule has 0 unspecified atom stereocenters. The first-order chi connectivity index (χ1) is 16.4. The summed E-state index contributed by atoms with van der Waals surface area (Å²) in [4.78, 5) is 17.8. The molecule has 3 aliphatic rings. The lowest BCUT2D eigenvalue weighted by molar-refractivity contribution is -0.126. The smallest absolute Gasteiger partial charge is 0.243 e. The summed E-state index contributed by atoms with van der Waals surface area (Å²) in [5, 5.41) is 3.25. The zero-order valence-corrected chi connectivity index (χ0v) is 21.2. The van der Waals surface area contributed by atoms with Crippen LogP contribution in [0, 0.1) is 12.8 Å². The molecule has 2 saturated carbocycles. The Kier molecular flexibility index (Phi) is 6.98. The third-order valence-electron chi connectivity index (χ3n) is 8.19. The van der Waals surface area contributed by atoms with Crippen LogP contribution in [-0.4, -0.2) is 47.3 Å². The summed E-state index contributed by atoms with van der Waals surface area (Å²) in [7, 11) is -3.60. The molecule has 7 nitrogen and oxygen atoms in total. The molecule has 5 rings (SSSR count). The van der Waals surface area contributed by atoms with Gasteiger partial charge in [0.05, 0.1) is 15.9 Å². The van der Waals surface area contributed by atoms with Crippen molar-refractivity contribution in [2.75, 3.05) is 13.1 Å². The number of imidazole rings is 1. The summed E-state index contributed by atoms with van der Waals surface area (Å²) in [6.45, 7) is 2.79. The van der Waals surface area contributed by atoms with Crippen molar-refractivity contribution in [2.45, 2.75) is 101 Å². The summed E-state index contributed by atoms with van der Waals surface area (Å²) in [6.07, 6.45) is 13.0. The van der Waals surface area contributed by atoms with Crippen molar-refractivity contribution in [3.05, 3.63) is 24.0 Å². The molecule has 1 N–H and O–H groups in total. The number of fused-ring (bicyclic) bond motifs is 1. The average molecular weight is 487 g/mol. The summed E-state index contributed by atoms with van der Waals surface area (Å²) in [5.74, 6) is 0.970. The first kappa shape index (κ1) is 23.8. The summed E-state index contributed by atoms with van der Waals surface area (Å²) in [5.41, 5.74) is 1.78. The van der Waals surface area contributed by atoms with Gasteiger partial charge in [0.1, 0.15) is 5.82 Å². The lowest BCUT2D eigenvalue weighted by Crippen LogP contribution is -2.45. The number of carbonyl (C=O) groups is 1. The molecule has 3 fully saturated rings. The van der Waals surface area contributed by atoms with Gasteiger partial charge in [-0.05, 0) is 63.6 Å². The number of hydrogen-bond donors (Lipinski definition) is 1. The summed E-state index contributed by atoms with van der Waals surface area (Å²) < 4.78 is 30.6. The molecule has 186 valence electrons. The highest BCUT2D eigenvalue weighted by Crippen LogP contribution is 2.34. The predicted octanol–water partition coefficient (Wildman–Crippen LogP) is 4.70. The summed E-state index contributed by atoms with van der Waals surface area (Å²) >= 11 is 0. The Morgan fingerprint density at radius 1 is 0.941 bits per heavy atom. The molecular weight excluding hydrogens is 448 g/mol. The minimum Gasteiger partial charge on any atom is -0.353 e. The minimum atomic E-state index is -3.60. The van der Waals surface area contributed by atoms with Crippen LogP contribution < -0.4 is 5.32 Å². The Labute approximate surface area is 203 Å². The van der Waals surface area contributed by atoms with Crippen LogP contribution in [-0.2, 0) is 14.8 Å². The van der Waals surface area contributed by atoms with Gasteiger partial charge in [-0.25, -0.2) is 13.4 Å². The number of sulfonamides is 1. The van der Waals surface area contributed by atoms with Gasteiger partial charge in [-0.15, -0.1) is 0 Å². The van der Waals surface area contributed by atoms with Crippen molar-refractivity contribution in [3.63, 3.8) is 0 Å². The van der Waals surface area contributed by atoms with Crippen molar-refractivity contribution in [3.8, 4) is 0 Å². The van der Waals surface area contributed by atoms with Crippen molar-refractivity contribution in [1.29, 1.82) is 0 Å². The lowest BCUT2D eigenvalue weighted by atomic mass is 9.96. The number of nitrogens with one attached hydrogen (secondary N) is 1. The first-order valence-corrected chi connectivity index (χ1v) is 14.7. The molecule has 1 aliphatic heterocycles. The van der Waals surface area contributed by atoms with Gasteiger partial charge in [0.25, 0.3) is 0 Å². The van der Waals surface area contributed by atoms with Crippen molar-refractivity contribution in [1.82, 2.24) is 19.2 Å². The Bertz CT molecular complexity index is 1120. The van der Waals surface area contributed by atoms with Gasteiger partial charge < -0.3 is 9.88 Å². The maximum Gasteiger partial charge on any atom is 0.243 e. The van der Waals surface area contributed by atoms with Crippen LogP contribution in [0.25, 0.3) is 11.0 Å². The van der Waals surface area contributed by atoms with E-state index in [1.165, 1.54) is 38.5 Å². The van der Waals surface area contributed by atoms with E-state index in [1.54, 1.807) is 16.4 Å². The van der Waals surface area contributed by atoms with E-state index in [4.69, 9.17) is 4.98 Å². The average Bonchev–Trinajstić information content (AvgIpc) is 3.38. The number of hydrogen-bond acceptors (Lipinski definition) is 4. The maximum atomic E-state index is 13.4. The zero-order chi connectivity index (χ0) is 23.7. The molecule has 0 atom stereocenters. The van der Waals surface area contributed by atoms with Gasteiger partial charge in [-0.2, -0.15) is 4.31 Å². The zero-order valence-electron chi connectivity index (χ0n) is 20.3. The molecule has 2 aromatic rings. The van der Waals surface area contributed by atoms with Crippen molar-refractivity contribution < 1.29 is 13.2 Å². The van der Waals surface area contributed by atoms with Gasteiger partial charge in [0, 0.05) is 31.1 Å². The largest absolute Gasteiger partial charge is 0.353 e. The van der Waals surface area contributed by atoms with Gasteiger partial charge in [-0.1, -0.05) is 38.5 Å². The van der Waals surface area contributed by atoms with Gasteiger partial charge in [0.2, 0.25) is 15.9 Å². The minimum absolute atomic E-state index is 0.0954. The third-order valence-corrected chi connectivity index (χ3v) is 10.1. The number of carbonyl (C=O) groups excluding carboxylic acids is 1. The van der Waals surface area contributed by atoms with E-state index in [-0.39, 0.29) is 17.9 Å². The van der Waals surface area contributed by atoms with Crippen molar-refractivity contribution in [2.24, 2.45) is 5.92 Å². The maximum absolute atomic E-state index is 13.4. The number of aryl methyl sites for hydroxylation is 1. The lowest BCUT2D eigenvalue weighted by Gasteiger charge is -2.31. The van der Waals surface area contributed by atoms with Crippen LogP contribution in [0.3, 0.4) is 0 Å². The quantitative estimate of drug-likeness (QED) is 0.621. The third kappa shape index (κ3) is 4.76. The standard InChI is InChI=1S/C26H38N4O3S/c1-19-27-24-18-23(12-13-25(24)30(19)22-10-6-7-11-22)34(32,33)29-16-14-20(15-17-29)26(31)28-21-8-4-2-3-5-9-21/h12-13,18,20-22H,2-11,14-17H2,1H3,(H,28,31). The molecule has 0 spiro atoms. The number of amides is 1. The molecule has 1 amide bonds. The fourth-order valence-corrected chi connectivity index (χ4v) is 7.72. The molecule has 1 aromatic heterocycles. The monoisotopic (exact) mass is 486 g/mol. The molecule has 2 aliphatic carbocycles. The van der Waals surface area contributed by atoms with Gasteiger partial charge >= 0.3 is 0 Å². The number of piperidine rings is 1. The molecule has 0 bridgehead atoms. The van der Waals surface area contributed by atoms with Gasteiger partial charge in [0.15, 0.2) is 0 Å². The number of nitrogens with zero attached hydrogens (tertiary/aromatic N) is 3. The fraction of sp³-hybridized carbons (Fsp3) is 0.692. The second-order valence-corrected chi connectivity index (χ2v) is 12.4. The molecule has 34 heavy (non-hydrogen) atoms. The van der Waals surface area contributed by atoms with Crippen LogP contribution in [0.4, 0.5) is 0 Å². The van der Waals surface area contributed by atoms with E-state index in [1.807, 2.05) is 13.0 Å². The SMILES string of the molecule is Cc1nc2cc(S(=O)(=O)N3CCC(C(=O)NC4CCCCCC4)CC3)ccc2n1C1CCCC1. The number of aromatic nitrogens is 2. The highest BCUT2D eigenvalue weighted by atomic mass is 32.2. The van der Waals surface area contributed by atoms with Crippen LogP contribution in [0.2, 0.25) is 0 Å². The Hall–Kier alpha value is -1.93. The van der Waals surface area contributed by atoms with Crippen LogP contribution in [0.15, 0.2) is 23.1 Å². The Morgan fingerprint density at radius 2 is 1.59 bits per heavy atom. The van der Waals surface area contributed by atoms with E-state index in [9.17, 15) is 13.2 Å². The highest BCUT2D eigenvalue weighted by molar-refractivity contribution is 7.89. The Balaban J connectivity index is 1.25. The van der Waals surface area contributed by atoms with Gasteiger partial charge in [-0.3, -0.25) is 4.79 Å². The van der Waals surface area contributed by atoms with Crippen LogP contribution in [0.1, 0.15) is 88.9 Å². The second-order valence-electron chi connectivity index (χ2n) is 10.5. The topological polar surface area (TPSA) is 84.3 Å². The molecule has 1 aromatic carbocycles. The molecular formula is C26H38N4O3S. The predicted molar refractivity (Wildman–Crippen MR) is 133 cm³/mol. The molecule has 0 radical (unpaired) electrons. The van der Waals surface area contributed by atoms with Crippen LogP contribution >= 0.6 is 0 Å². The van der Waals surface area contributed by atoms with Crippen LogP contribution in [0.5, 0.6) is 0 Å². The molecule has 1 saturated heterocycles.